The van der Waals surface area contributed by atoms with Gasteiger partial charge in [-0.3, -0.25) is 9.78 Å². The van der Waals surface area contributed by atoms with E-state index in [4.69, 9.17) is 11.5 Å². The van der Waals surface area contributed by atoms with Crippen molar-refractivity contribution < 1.29 is 4.79 Å². The summed E-state index contributed by atoms with van der Waals surface area (Å²) in [5, 5.41) is 2.88. The molecule has 0 fully saturated rings. The van der Waals surface area contributed by atoms with E-state index in [0.29, 0.717) is 17.9 Å². The Balaban J connectivity index is 1.64. The van der Waals surface area contributed by atoms with Crippen LogP contribution in [0.1, 0.15) is 5.56 Å². The fraction of sp³-hybridized carbons (Fsp3) is 0.0526. The van der Waals surface area contributed by atoms with Crippen molar-refractivity contribution in [3.63, 3.8) is 0 Å². The Bertz CT molecular complexity index is 901. The zero-order chi connectivity index (χ0) is 18.4. The maximum Gasteiger partial charge on any atom is 0.228 e. The van der Waals surface area contributed by atoms with E-state index in [1.54, 1.807) is 6.20 Å². The Morgan fingerprint density at radius 2 is 1.69 bits per heavy atom. The van der Waals surface area contributed by atoms with Gasteiger partial charge in [-0.25, -0.2) is 4.98 Å². The monoisotopic (exact) mass is 346 g/mol. The molecule has 26 heavy (non-hydrogen) atoms. The first kappa shape index (κ1) is 17.1. The summed E-state index contributed by atoms with van der Waals surface area (Å²) in [6, 6.07) is 17.0. The van der Waals surface area contributed by atoms with Gasteiger partial charge in [-0.1, -0.05) is 42.5 Å². The van der Waals surface area contributed by atoms with Crippen molar-refractivity contribution in [2.75, 3.05) is 5.32 Å². The Kier molecular flexibility index (Phi) is 5.19. The molecule has 3 rings (SSSR count). The number of hydrogen-bond donors (Lipinski definition) is 3. The second-order valence-corrected chi connectivity index (χ2v) is 5.58. The number of nitrogens with one attached hydrogen (secondary N) is 1. The highest BCUT2D eigenvalue weighted by molar-refractivity contribution is 5.92. The number of anilines is 1. The quantitative estimate of drug-likeness (QED) is 0.483. The van der Waals surface area contributed by atoms with Crippen molar-refractivity contribution in [2.45, 2.75) is 6.42 Å². The van der Waals surface area contributed by atoms with E-state index < -0.39 is 0 Å². The van der Waals surface area contributed by atoms with E-state index in [2.05, 4.69) is 20.3 Å². The van der Waals surface area contributed by atoms with E-state index in [1.165, 1.54) is 6.20 Å². The highest BCUT2D eigenvalue weighted by atomic mass is 16.1. The summed E-state index contributed by atoms with van der Waals surface area (Å²) in [5.41, 5.74) is 13.9. The lowest BCUT2D eigenvalue weighted by Crippen LogP contribution is -2.22. The van der Waals surface area contributed by atoms with Crippen molar-refractivity contribution in [3.8, 4) is 11.3 Å². The molecule has 3 aromatic rings. The first-order valence-corrected chi connectivity index (χ1v) is 7.96. The van der Waals surface area contributed by atoms with Crippen LogP contribution in [0.4, 0.5) is 11.5 Å². The number of carbonyl (C=O) groups is 1. The molecule has 7 nitrogen and oxygen atoms in total. The standard InChI is InChI=1S/C19H18N6O/c20-19(21)25-17-12-22-16(11-23-17)14-6-8-15(9-7-14)24-18(26)10-13-4-2-1-3-5-13/h1-9,11-12H,10H2,(H,24,26)(H4,20,21,23,25). The third-order valence-electron chi connectivity index (χ3n) is 3.55. The first-order valence-electron chi connectivity index (χ1n) is 7.96. The Morgan fingerprint density at radius 1 is 0.962 bits per heavy atom. The Morgan fingerprint density at radius 3 is 2.31 bits per heavy atom. The second kappa shape index (κ2) is 7.89. The van der Waals surface area contributed by atoms with Gasteiger partial charge >= 0.3 is 0 Å². The van der Waals surface area contributed by atoms with E-state index in [0.717, 1.165) is 16.8 Å². The Labute approximate surface area is 150 Å². The number of guanidine groups is 1. The molecule has 0 aliphatic rings. The predicted molar refractivity (Wildman–Crippen MR) is 102 cm³/mol. The number of amides is 1. The van der Waals surface area contributed by atoms with Crippen molar-refractivity contribution >= 4 is 23.4 Å². The van der Waals surface area contributed by atoms with Gasteiger partial charge in [-0.15, -0.1) is 0 Å². The molecule has 0 unspecified atom stereocenters. The summed E-state index contributed by atoms with van der Waals surface area (Å²) >= 11 is 0. The van der Waals surface area contributed by atoms with E-state index in [9.17, 15) is 4.79 Å². The summed E-state index contributed by atoms with van der Waals surface area (Å²) in [4.78, 5) is 24.3. The van der Waals surface area contributed by atoms with Gasteiger partial charge < -0.3 is 16.8 Å². The van der Waals surface area contributed by atoms with Gasteiger partial charge in [-0.2, -0.15) is 4.99 Å². The van der Waals surface area contributed by atoms with Crippen molar-refractivity contribution in [1.82, 2.24) is 9.97 Å². The molecule has 7 heteroatoms. The fourth-order valence-electron chi connectivity index (χ4n) is 2.37. The average Bonchev–Trinajstić information content (AvgIpc) is 2.63. The summed E-state index contributed by atoms with van der Waals surface area (Å²) in [7, 11) is 0. The van der Waals surface area contributed by atoms with Crippen LogP contribution in [-0.4, -0.2) is 21.8 Å². The maximum atomic E-state index is 12.1. The molecule has 0 atom stereocenters. The number of nitrogens with two attached hydrogens (primary N) is 2. The van der Waals surface area contributed by atoms with E-state index in [1.807, 2.05) is 54.6 Å². The largest absolute Gasteiger partial charge is 0.370 e. The summed E-state index contributed by atoms with van der Waals surface area (Å²) in [5.74, 6) is 0.214. The molecule has 5 N–H and O–H groups in total. The lowest BCUT2D eigenvalue weighted by Gasteiger charge is -2.07. The average molecular weight is 346 g/mol. The summed E-state index contributed by atoms with van der Waals surface area (Å²) < 4.78 is 0. The van der Waals surface area contributed by atoms with Crippen LogP contribution in [0.2, 0.25) is 0 Å². The molecule has 0 radical (unpaired) electrons. The van der Waals surface area contributed by atoms with Crippen LogP contribution in [0.15, 0.2) is 72.0 Å². The highest BCUT2D eigenvalue weighted by Gasteiger charge is 2.05. The predicted octanol–water partition coefficient (Wildman–Crippen LogP) is 2.23. The van der Waals surface area contributed by atoms with Gasteiger partial charge in [0.1, 0.15) is 0 Å². The molecule has 1 aromatic heterocycles. The number of aromatic nitrogens is 2. The van der Waals surface area contributed by atoms with Gasteiger partial charge in [0.05, 0.1) is 24.5 Å². The van der Waals surface area contributed by atoms with Crippen LogP contribution in [-0.2, 0) is 11.2 Å². The molecule has 1 amide bonds. The molecule has 0 saturated heterocycles. The molecule has 2 aromatic carbocycles. The molecule has 0 aliphatic carbocycles. The van der Waals surface area contributed by atoms with Gasteiger partial charge in [0, 0.05) is 11.3 Å². The smallest absolute Gasteiger partial charge is 0.228 e. The summed E-state index contributed by atoms with van der Waals surface area (Å²) in [6.45, 7) is 0. The third kappa shape index (κ3) is 4.64. The van der Waals surface area contributed by atoms with Crippen LogP contribution in [0, 0.1) is 0 Å². The van der Waals surface area contributed by atoms with Crippen LogP contribution in [0.3, 0.4) is 0 Å². The summed E-state index contributed by atoms with van der Waals surface area (Å²) in [6.07, 6.45) is 3.41. The molecule has 0 spiro atoms. The lowest BCUT2D eigenvalue weighted by atomic mass is 10.1. The number of aliphatic imine (C=N–C) groups is 1. The Hall–Kier alpha value is -3.74. The van der Waals surface area contributed by atoms with Crippen molar-refractivity contribution in [2.24, 2.45) is 16.5 Å². The molecule has 0 aliphatic heterocycles. The first-order chi connectivity index (χ1) is 12.6. The highest BCUT2D eigenvalue weighted by Crippen LogP contribution is 2.20. The number of nitrogens with zero attached hydrogens (tertiary/aromatic N) is 3. The maximum absolute atomic E-state index is 12.1. The normalized spacial score (nSPS) is 10.2. The van der Waals surface area contributed by atoms with Crippen molar-refractivity contribution in [3.05, 3.63) is 72.6 Å². The van der Waals surface area contributed by atoms with E-state index >= 15 is 0 Å². The SMILES string of the molecule is NC(N)=Nc1cnc(-c2ccc(NC(=O)Cc3ccccc3)cc2)cn1. The number of rotatable bonds is 5. The van der Waals surface area contributed by atoms with Crippen LogP contribution in [0.25, 0.3) is 11.3 Å². The zero-order valence-electron chi connectivity index (χ0n) is 14.0. The van der Waals surface area contributed by atoms with E-state index in [-0.39, 0.29) is 11.9 Å². The van der Waals surface area contributed by atoms with Gasteiger partial charge in [0.2, 0.25) is 5.91 Å². The fourth-order valence-corrected chi connectivity index (χ4v) is 2.37. The molecule has 130 valence electrons. The second-order valence-electron chi connectivity index (χ2n) is 5.58. The minimum absolute atomic E-state index is 0.0645. The molecule has 0 bridgehead atoms. The minimum Gasteiger partial charge on any atom is -0.370 e. The zero-order valence-corrected chi connectivity index (χ0v) is 14.0. The lowest BCUT2D eigenvalue weighted by molar-refractivity contribution is -0.115. The molecular weight excluding hydrogens is 328 g/mol. The van der Waals surface area contributed by atoms with Crippen molar-refractivity contribution in [1.29, 1.82) is 0 Å². The molecule has 0 saturated carbocycles. The van der Waals surface area contributed by atoms with Crippen LogP contribution in [0.5, 0.6) is 0 Å². The van der Waals surface area contributed by atoms with Gasteiger partial charge in [-0.05, 0) is 17.7 Å². The van der Waals surface area contributed by atoms with Gasteiger partial charge in [0.15, 0.2) is 11.8 Å². The van der Waals surface area contributed by atoms with Crippen LogP contribution < -0.4 is 16.8 Å². The molecular formula is C19H18N6O. The van der Waals surface area contributed by atoms with Gasteiger partial charge in [0.25, 0.3) is 0 Å². The third-order valence-corrected chi connectivity index (χ3v) is 3.55. The number of hydrogen-bond acceptors (Lipinski definition) is 4. The molecule has 1 heterocycles. The minimum atomic E-state index is -0.0670. The van der Waals surface area contributed by atoms with Crippen LogP contribution >= 0.6 is 0 Å². The topological polar surface area (TPSA) is 119 Å². The number of benzene rings is 2. The number of carbonyl (C=O) groups excluding carboxylic acids is 1.